The molecule has 0 aromatic rings. The lowest BCUT2D eigenvalue weighted by Crippen LogP contribution is -2.47. The van der Waals surface area contributed by atoms with E-state index in [4.69, 9.17) is 11.5 Å². The second-order valence-corrected chi connectivity index (χ2v) is 2.23. The summed E-state index contributed by atoms with van der Waals surface area (Å²) in [5, 5.41) is 13.5. The van der Waals surface area contributed by atoms with Crippen LogP contribution in [0.2, 0.25) is 0 Å². The Hall–Kier alpha value is -1.47. The summed E-state index contributed by atoms with van der Waals surface area (Å²) in [4.78, 5) is 10.8. The van der Waals surface area contributed by atoms with Gasteiger partial charge in [0.25, 0.3) is 0 Å². The van der Waals surface area contributed by atoms with Crippen molar-refractivity contribution in [1.29, 1.82) is 0 Å². The van der Waals surface area contributed by atoms with Gasteiger partial charge < -0.3 is 0 Å². The summed E-state index contributed by atoms with van der Waals surface area (Å²) in [6.07, 6.45) is 0. The Morgan fingerprint density at radius 1 is 1.18 bits per heavy atom. The molecule has 2 heterocycles. The monoisotopic (exact) mass is 152 g/mol. The van der Waals surface area contributed by atoms with Crippen molar-refractivity contribution in [2.75, 3.05) is 0 Å². The van der Waals surface area contributed by atoms with Crippen LogP contribution in [0.4, 0.5) is 0 Å². The first-order valence-electron chi connectivity index (χ1n) is 2.83. The summed E-state index contributed by atoms with van der Waals surface area (Å²) >= 11 is 0. The van der Waals surface area contributed by atoms with Gasteiger partial charge in [-0.25, -0.2) is 0 Å². The standard InChI is InChI=1S/C4H4N6O/c5-4(6)2-1(7-10-4)3(11)9-8-2/h5-6H2. The van der Waals surface area contributed by atoms with E-state index in [2.05, 4.69) is 20.5 Å². The highest BCUT2D eigenvalue weighted by molar-refractivity contribution is 5.96. The number of azo groups is 2. The van der Waals surface area contributed by atoms with E-state index in [1.165, 1.54) is 0 Å². The van der Waals surface area contributed by atoms with Crippen LogP contribution in [-0.4, -0.2) is 11.7 Å². The highest BCUT2D eigenvalue weighted by Gasteiger charge is 2.39. The third-order valence-electron chi connectivity index (χ3n) is 1.36. The van der Waals surface area contributed by atoms with E-state index >= 15 is 0 Å². The van der Waals surface area contributed by atoms with E-state index in [1.54, 1.807) is 0 Å². The summed E-state index contributed by atoms with van der Waals surface area (Å²) in [7, 11) is 0. The zero-order chi connectivity index (χ0) is 8.06. The molecule has 2 rings (SSSR count). The van der Waals surface area contributed by atoms with Crippen LogP contribution in [0.3, 0.4) is 0 Å². The second-order valence-electron chi connectivity index (χ2n) is 2.23. The zero-order valence-electron chi connectivity index (χ0n) is 5.35. The zero-order valence-corrected chi connectivity index (χ0v) is 5.35. The lowest BCUT2D eigenvalue weighted by atomic mass is 10.2. The highest BCUT2D eigenvalue weighted by Crippen LogP contribution is 2.30. The van der Waals surface area contributed by atoms with Gasteiger partial charge in [0.1, 0.15) is 0 Å². The average molecular weight is 152 g/mol. The van der Waals surface area contributed by atoms with Gasteiger partial charge in [0.2, 0.25) is 5.79 Å². The molecule has 0 saturated heterocycles. The molecule has 0 spiro atoms. The lowest BCUT2D eigenvalue weighted by Gasteiger charge is -2.10. The van der Waals surface area contributed by atoms with Crippen LogP contribution in [0.25, 0.3) is 0 Å². The van der Waals surface area contributed by atoms with Gasteiger partial charge in [0.05, 0.1) is 0 Å². The fourth-order valence-electron chi connectivity index (χ4n) is 0.831. The van der Waals surface area contributed by atoms with Gasteiger partial charge in [0, 0.05) is 0 Å². The number of rotatable bonds is 0. The van der Waals surface area contributed by atoms with Crippen molar-refractivity contribution in [1.82, 2.24) is 0 Å². The van der Waals surface area contributed by atoms with Gasteiger partial charge >= 0.3 is 5.91 Å². The van der Waals surface area contributed by atoms with Crippen molar-refractivity contribution in [2.45, 2.75) is 5.79 Å². The van der Waals surface area contributed by atoms with Crippen LogP contribution in [0.5, 0.6) is 0 Å². The maximum Gasteiger partial charge on any atom is 0.318 e. The van der Waals surface area contributed by atoms with Crippen molar-refractivity contribution >= 4 is 5.91 Å². The minimum absolute atomic E-state index is 0.0509. The summed E-state index contributed by atoms with van der Waals surface area (Å²) in [5.74, 6) is -2.01. The van der Waals surface area contributed by atoms with E-state index in [-0.39, 0.29) is 11.4 Å². The highest BCUT2D eigenvalue weighted by atomic mass is 16.2. The molecule has 0 fully saturated rings. The topological polar surface area (TPSA) is 119 Å². The number of carbonyl (C=O) groups is 1. The molecule has 0 radical (unpaired) electrons. The maximum atomic E-state index is 10.8. The molecule has 2 aliphatic rings. The summed E-state index contributed by atoms with van der Waals surface area (Å²) in [6, 6.07) is 0. The number of nitrogens with zero attached hydrogens (tertiary/aromatic N) is 4. The minimum Gasteiger partial charge on any atom is -0.288 e. The normalized spacial score (nSPS) is 25.1. The van der Waals surface area contributed by atoms with Crippen LogP contribution in [-0.2, 0) is 4.79 Å². The summed E-state index contributed by atoms with van der Waals surface area (Å²) in [5.41, 5.74) is 10.9. The molecule has 11 heavy (non-hydrogen) atoms. The fraction of sp³-hybridized carbons (Fsp3) is 0.250. The fourth-order valence-corrected chi connectivity index (χ4v) is 0.831. The molecule has 0 atom stereocenters. The first-order chi connectivity index (χ1) is 5.11. The third kappa shape index (κ3) is 0.657. The molecular weight excluding hydrogens is 148 g/mol. The number of amides is 1. The van der Waals surface area contributed by atoms with Gasteiger partial charge in [-0.2, -0.15) is 0 Å². The third-order valence-corrected chi connectivity index (χ3v) is 1.36. The Morgan fingerprint density at radius 2 is 1.91 bits per heavy atom. The molecule has 2 aliphatic heterocycles. The van der Waals surface area contributed by atoms with Crippen LogP contribution in [0, 0.1) is 0 Å². The van der Waals surface area contributed by atoms with Crippen molar-refractivity contribution in [3.05, 3.63) is 11.4 Å². The van der Waals surface area contributed by atoms with Crippen LogP contribution in [0.15, 0.2) is 31.9 Å². The number of nitrogens with two attached hydrogens (primary N) is 2. The first kappa shape index (κ1) is 6.25. The van der Waals surface area contributed by atoms with Gasteiger partial charge in [-0.3, -0.25) is 16.3 Å². The lowest BCUT2D eigenvalue weighted by molar-refractivity contribution is -0.114. The summed E-state index contributed by atoms with van der Waals surface area (Å²) in [6.45, 7) is 0. The van der Waals surface area contributed by atoms with E-state index < -0.39 is 11.7 Å². The Morgan fingerprint density at radius 3 is 2.55 bits per heavy atom. The predicted molar refractivity (Wildman–Crippen MR) is 32.9 cm³/mol. The smallest absolute Gasteiger partial charge is 0.288 e. The van der Waals surface area contributed by atoms with Crippen molar-refractivity contribution in [3.63, 3.8) is 0 Å². The average Bonchev–Trinajstić information content (AvgIpc) is 2.39. The second kappa shape index (κ2) is 1.57. The van der Waals surface area contributed by atoms with E-state index in [1.807, 2.05) is 0 Å². The minimum atomic E-state index is -1.47. The number of carbonyl (C=O) groups excluding carboxylic acids is 1. The van der Waals surface area contributed by atoms with Gasteiger partial charge in [0.15, 0.2) is 11.4 Å². The number of hydrogen-bond acceptors (Lipinski definition) is 6. The molecule has 7 heteroatoms. The van der Waals surface area contributed by atoms with E-state index in [0.717, 1.165) is 0 Å². The van der Waals surface area contributed by atoms with Gasteiger partial charge in [-0.1, -0.05) is 0 Å². The SMILES string of the molecule is NC1(N)N=NC2=C1N=NC2=O. The molecule has 0 aromatic heterocycles. The molecule has 7 nitrogen and oxygen atoms in total. The Labute approximate surface area is 60.9 Å². The molecule has 4 N–H and O–H groups in total. The van der Waals surface area contributed by atoms with Crippen LogP contribution >= 0.6 is 0 Å². The van der Waals surface area contributed by atoms with Gasteiger partial charge in [-0.05, 0) is 0 Å². The molecule has 0 saturated carbocycles. The quantitative estimate of drug-likeness (QED) is 0.443. The molecule has 56 valence electrons. The molecule has 0 unspecified atom stereocenters. The van der Waals surface area contributed by atoms with Crippen molar-refractivity contribution in [3.8, 4) is 0 Å². The van der Waals surface area contributed by atoms with E-state index in [9.17, 15) is 4.79 Å². The molecule has 1 amide bonds. The van der Waals surface area contributed by atoms with Crippen LogP contribution < -0.4 is 11.5 Å². The Balaban J connectivity index is 2.56. The molecule has 0 aromatic carbocycles. The van der Waals surface area contributed by atoms with Gasteiger partial charge in [-0.15, -0.1) is 20.5 Å². The van der Waals surface area contributed by atoms with Crippen molar-refractivity contribution < 1.29 is 4.79 Å². The predicted octanol–water partition coefficient (Wildman–Crippen LogP) is -0.773. The molecule has 0 bridgehead atoms. The van der Waals surface area contributed by atoms with Crippen LogP contribution in [0.1, 0.15) is 0 Å². The first-order valence-corrected chi connectivity index (χ1v) is 2.83. The Bertz CT molecular complexity index is 323. The van der Waals surface area contributed by atoms with Crippen molar-refractivity contribution in [2.24, 2.45) is 31.9 Å². The maximum absolute atomic E-state index is 10.8. The Kier molecular flexibility index (Phi) is 0.895. The molecular formula is C4H4N6O. The summed E-state index contributed by atoms with van der Waals surface area (Å²) < 4.78 is 0. The number of hydrogen-bond donors (Lipinski definition) is 2. The largest absolute Gasteiger partial charge is 0.318 e. The molecule has 0 aliphatic carbocycles. The van der Waals surface area contributed by atoms with E-state index in [0.29, 0.717) is 0 Å².